The van der Waals surface area contributed by atoms with Crippen molar-refractivity contribution in [2.45, 2.75) is 0 Å². The van der Waals surface area contributed by atoms with Crippen molar-refractivity contribution in [2.24, 2.45) is 0 Å². The van der Waals surface area contributed by atoms with Crippen molar-refractivity contribution in [3.8, 4) is 5.75 Å². The summed E-state index contributed by atoms with van der Waals surface area (Å²) in [5, 5.41) is 5.13. The Kier molecular flexibility index (Phi) is 3.76. The van der Waals surface area contributed by atoms with Crippen LogP contribution in [0.15, 0.2) is 78.9 Å². The van der Waals surface area contributed by atoms with E-state index in [2.05, 4.69) is 72.8 Å². The third-order valence-electron chi connectivity index (χ3n) is 4.35. The largest absolute Gasteiger partial charge is 0.497 e. The van der Waals surface area contributed by atoms with Gasteiger partial charge in [0.1, 0.15) is 5.75 Å². The van der Waals surface area contributed by atoms with Gasteiger partial charge in [-0.05, 0) is 50.9 Å². The summed E-state index contributed by atoms with van der Waals surface area (Å²) in [6, 6.07) is 27.5. The van der Waals surface area contributed by atoms with Crippen LogP contribution in [0.4, 0.5) is 0 Å². The zero-order chi connectivity index (χ0) is 16.4. The lowest BCUT2D eigenvalue weighted by Gasteiger charge is -2.08. The average molecular weight is 310 g/mol. The molecule has 0 saturated carbocycles. The Hall–Kier alpha value is -3.06. The number of methoxy groups -OCH3 is 1. The number of hydrogen-bond acceptors (Lipinski definition) is 1. The third kappa shape index (κ3) is 2.65. The molecule has 0 unspecified atom stereocenters. The second kappa shape index (κ2) is 6.21. The monoisotopic (exact) mass is 310 g/mol. The molecule has 0 heterocycles. The van der Waals surface area contributed by atoms with E-state index in [0.717, 1.165) is 11.3 Å². The number of ether oxygens (including phenoxy) is 1. The topological polar surface area (TPSA) is 9.23 Å². The highest BCUT2D eigenvalue weighted by atomic mass is 16.5. The minimum atomic E-state index is 0.875. The Labute approximate surface area is 141 Å². The molecule has 0 aliphatic rings. The minimum Gasteiger partial charge on any atom is -0.497 e. The molecule has 1 nitrogen and oxygen atoms in total. The van der Waals surface area contributed by atoms with E-state index in [0.29, 0.717) is 0 Å². The molecule has 0 spiro atoms. The van der Waals surface area contributed by atoms with Crippen LogP contribution in [0, 0.1) is 0 Å². The Balaban J connectivity index is 1.87. The molecule has 4 aromatic carbocycles. The van der Waals surface area contributed by atoms with Crippen molar-refractivity contribution in [2.75, 3.05) is 7.11 Å². The van der Waals surface area contributed by atoms with Crippen molar-refractivity contribution < 1.29 is 4.74 Å². The summed E-state index contributed by atoms with van der Waals surface area (Å²) >= 11 is 0. The molecular weight excluding hydrogens is 292 g/mol. The van der Waals surface area contributed by atoms with E-state index in [1.807, 2.05) is 18.2 Å². The van der Waals surface area contributed by atoms with Gasteiger partial charge in [0.2, 0.25) is 0 Å². The van der Waals surface area contributed by atoms with Crippen LogP contribution < -0.4 is 4.74 Å². The molecule has 4 aromatic rings. The summed E-state index contributed by atoms with van der Waals surface area (Å²) in [5.41, 5.74) is 2.36. The van der Waals surface area contributed by atoms with Gasteiger partial charge in [-0.25, -0.2) is 0 Å². The summed E-state index contributed by atoms with van der Waals surface area (Å²) in [6.45, 7) is 0. The Morgan fingerprint density at radius 2 is 1.42 bits per heavy atom. The quantitative estimate of drug-likeness (QED) is 0.325. The molecule has 0 saturated heterocycles. The van der Waals surface area contributed by atoms with Crippen LogP contribution in [0.2, 0.25) is 0 Å². The van der Waals surface area contributed by atoms with Gasteiger partial charge in [0, 0.05) is 0 Å². The molecule has 0 amide bonds. The Morgan fingerprint density at radius 1 is 0.667 bits per heavy atom. The minimum absolute atomic E-state index is 0.875. The first-order valence-corrected chi connectivity index (χ1v) is 8.08. The molecule has 0 N–H and O–H groups in total. The van der Waals surface area contributed by atoms with Crippen LogP contribution >= 0.6 is 0 Å². The van der Waals surface area contributed by atoms with Crippen LogP contribution in [0.5, 0.6) is 5.75 Å². The standard InChI is InChI=1S/C23H18O/c1-24-20-9-6-7-17(15-20)13-14-19-16-18-8-2-3-10-21(18)23-12-5-4-11-22(19)23/h2-16H,1H3/b14-13-. The zero-order valence-corrected chi connectivity index (χ0v) is 13.6. The van der Waals surface area contributed by atoms with Crippen LogP contribution in [-0.4, -0.2) is 7.11 Å². The van der Waals surface area contributed by atoms with Gasteiger partial charge in [-0.15, -0.1) is 0 Å². The maximum Gasteiger partial charge on any atom is 0.119 e. The van der Waals surface area contributed by atoms with E-state index in [1.165, 1.54) is 27.1 Å². The first-order chi connectivity index (χ1) is 11.8. The van der Waals surface area contributed by atoms with Crippen molar-refractivity contribution >= 4 is 33.7 Å². The lowest BCUT2D eigenvalue weighted by molar-refractivity contribution is 0.414. The fourth-order valence-electron chi connectivity index (χ4n) is 3.15. The zero-order valence-electron chi connectivity index (χ0n) is 13.6. The number of hydrogen-bond donors (Lipinski definition) is 0. The molecule has 0 aromatic heterocycles. The molecule has 0 radical (unpaired) electrons. The number of rotatable bonds is 3. The second-order valence-electron chi connectivity index (χ2n) is 5.84. The molecule has 0 fully saturated rings. The van der Waals surface area contributed by atoms with Gasteiger partial charge in [0.25, 0.3) is 0 Å². The highest BCUT2D eigenvalue weighted by molar-refractivity contribution is 6.11. The van der Waals surface area contributed by atoms with Crippen LogP contribution in [-0.2, 0) is 0 Å². The normalized spacial score (nSPS) is 11.4. The van der Waals surface area contributed by atoms with E-state index in [4.69, 9.17) is 4.74 Å². The maximum atomic E-state index is 5.30. The second-order valence-corrected chi connectivity index (χ2v) is 5.84. The van der Waals surface area contributed by atoms with Crippen molar-refractivity contribution in [3.05, 3.63) is 90.0 Å². The fourth-order valence-corrected chi connectivity index (χ4v) is 3.15. The highest BCUT2D eigenvalue weighted by Crippen LogP contribution is 2.29. The molecule has 24 heavy (non-hydrogen) atoms. The molecule has 0 aliphatic heterocycles. The molecule has 0 atom stereocenters. The maximum absolute atomic E-state index is 5.30. The third-order valence-corrected chi connectivity index (χ3v) is 4.35. The number of benzene rings is 4. The Bertz CT molecular complexity index is 1040. The lowest BCUT2D eigenvalue weighted by atomic mass is 9.97. The SMILES string of the molecule is COc1cccc(/C=C\c2cc3ccccc3c3ccccc23)c1. The van der Waals surface area contributed by atoms with E-state index >= 15 is 0 Å². The van der Waals surface area contributed by atoms with E-state index in [9.17, 15) is 0 Å². The summed E-state index contributed by atoms with van der Waals surface area (Å²) in [5.74, 6) is 0.875. The van der Waals surface area contributed by atoms with Gasteiger partial charge in [-0.1, -0.05) is 72.8 Å². The average Bonchev–Trinajstić information content (AvgIpc) is 2.66. The first kappa shape index (κ1) is 14.5. The van der Waals surface area contributed by atoms with Crippen LogP contribution in [0.3, 0.4) is 0 Å². The van der Waals surface area contributed by atoms with Crippen LogP contribution in [0.1, 0.15) is 11.1 Å². The summed E-state index contributed by atoms with van der Waals surface area (Å²) < 4.78 is 5.30. The number of fused-ring (bicyclic) bond motifs is 3. The van der Waals surface area contributed by atoms with Gasteiger partial charge in [-0.3, -0.25) is 0 Å². The molecule has 0 bridgehead atoms. The van der Waals surface area contributed by atoms with Gasteiger partial charge in [0.15, 0.2) is 0 Å². The predicted molar refractivity (Wildman–Crippen MR) is 103 cm³/mol. The molecule has 1 heteroatoms. The van der Waals surface area contributed by atoms with E-state index < -0.39 is 0 Å². The summed E-state index contributed by atoms with van der Waals surface area (Å²) in [7, 11) is 1.69. The molecule has 0 aliphatic carbocycles. The van der Waals surface area contributed by atoms with Gasteiger partial charge in [-0.2, -0.15) is 0 Å². The van der Waals surface area contributed by atoms with Crippen molar-refractivity contribution in [3.63, 3.8) is 0 Å². The Morgan fingerprint density at radius 3 is 2.25 bits per heavy atom. The van der Waals surface area contributed by atoms with Crippen LogP contribution in [0.25, 0.3) is 33.7 Å². The van der Waals surface area contributed by atoms with Crippen molar-refractivity contribution in [1.29, 1.82) is 0 Å². The fraction of sp³-hybridized carbons (Fsp3) is 0.0435. The first-order valence-electron chi connectivity index (χ1n) is 8.08. The van der Waals surface area contributed by atoms with Gasteiger partial charge < -0.3 is 4.74 Å². The lowest BCUT2D eigenvalue weighted by Crippen LogP contribution is -1.83. The van der Waals surface area contributed by atoms with E-state index in [-0.39, 0.29) is 0 Å². The molecular formula is C23H18O. The summed E-state index contributed by atoms with van der Waals surface area (Å²) in [4.78, 5) is 0. The summed E-state index contributed by atoms with van der Waals surface area (Å²) in [6.07, 6.45) is 4.32. The van der Waals surface area contributed by atoms with Gasteiger partial charge >= 0.3 is 0 Å². The predicted octanol–water partition coefficient (Wildman–Crippen LogP) is 6.17. The van der Waals surface area contributed by atoms with E-state index in [1.54, 1.807) is 7.11 Å². The smallest absolute Gasteiger partial charge is 0.119 e. The highest BCUT2D eigenvalue weighted by Gasteiger charge is 2.04. The van der Waals surface area contributed by atoms with Gasteiger partial charge in [0.05, 0.1) is 7.11 Å². The molecule has 4 rings (SSSR count). The van der Waals surface area contributed by atoms with Crippen molar-refractivity contribution in [1.82, 2.24) is 0 Å². The molecule has 116 valence electrons.